The van der Waals surface area contributed by atoms with Gasteiger partial charge in [-0.25, -0.2) is 4.98 Å². The van der Waals surface area contributed by atoms with Crippen LogP contribution in [0.3, 0.4) is 0 Å². The van der Waals surface area contributed by atoms with Crippen LogP contribution in [0, 0.1) is 20.8 Å². The molecule has 0 spiro atoms. The Morgan fingerprint density at radius 2 is 1.81 bits per heavy atom. The van der Waals surface area contributed by atoms with Crippen LogP contribution in [0.2, 0.25) is 5.02 Å². The molecule has 0 saturated carbocycles. The van der Waals surface area contributed by atoms with Crippen LogP contribution in [0.1, 0.15) is 28.2 Å². The lowest BCUT2D eigenvalue weighted by atomic mass is 10.1. The lowest BCUT2D eigenvalue weighted by molar-refractivity contribution is 0.290. The highest BCUT2D eigenvalue weighted by atomic mass is 35.5. The standard InChI is InChI=1S/C23H23ClN4OS2/c1-14-7-5-6-8-19(14)22-25-17(12-30-22)13-31-23-27-26-20(28(23)4)11-29-18-9-15(2)21(24)16(3)10-18/h5-10,12H,11,13H2,1-4H3. The molecule has 0 saturated heterocycles. The second-order valence-electron chi connectivity index (χ2n) is 7.37. The van der Waals surface area contributed by atoms with Gasteiger partial charge in [0.05, 0.1) is 5.69 Å². The molecule has 8 heteroatoms. The van der Waals surface area contributed by atoms with E-state index in [0.29, 0.717) is 6.61 Å². The van der Waals surface area contributed by atoms with Crippen LogP contribution in [-0.2, 0) is 19.4 Å². The van der Waals surface area contributed by atoms with Crippen LogP contribution in [0.15, 0.2) is 46.9 Å². The molecule has 2 heterocycles. The first kappa shape index (κ1) is 21.9. The minimum Gasteiger partial charge on any atom is -0.486 e. The Bertz CT molecular complexity index is 1200. The van der Waals surface area contributed by atoms with Gasteiger partial charge in [0.2, 0.25) is 0 Å². The third-order valence-corrected chi connectivity index (χ3v) is 7.55. The molecule has 0 aliphatic rings. The third kappa shape index (κ3) is 4.95. The molecule has 160 valence electrons. The van der Waals surface area contributed by atoms with Gasteiger partial charge in [0.15, 0.2) is 11.0 Å². The molecule has 0 amide bonds. The summed E-state index contributed by atoms with van der Waals surface area (Å²) in [6.07, 6.45) is 0. The van der Waals surface area contributed by atoms with Crippen LogP contribution < -0.4 is 4.74 Å². The fraction of sp³-hybridized carbons (Fsp3) is 0.261. The van der Waals surface area contributed by atoms with E-state index in [1.807, 2.05) is 49.7 Å². The zero-order chi connectivity index (χ0) is 22.0. The Hall–Kier alpha value is -2.35. The molecule has 0 radical (unpaired) electrons. The summed E-state index contributed by atoms with van der Waals surface area (Å²) < 4.78 is 7.89. The van der Waals surface area contributed by atoms with E-state index in [0.717, 1.165) is 49.3 Å². The smallest absolute Gasteiger partial charge is 0.191 e. The van der Waals surface area contributed by atoms with Crippen molar-refractivity contribution < 1.29 is 4.74 Å². The minimum absolute atomic E-state index is 0.346. The number of thioether (sulfide) groups is 1. The predicted octanol–water partition coefficient (Wildman–Crippen LogP) is 6.39. The van der Waals surface area contributed by atoms with Gasteiger partial charge >= 0.3 is 0 Å². The van der Waals surface area contributed by atoms with Crippen molar-refractivity contribution in [2.45, 2.75) is 38.3 Å². The maximum absolute atomic E-state index is 6.24. The average molecular weight is 471 g/mol. The van der Waals surface area contributed by atoms with Crippen molar-refractivity contribution in [3.05, 3.63) is 75.0 Å². The largest absolute Gasteiger partial charge is 0.486 e. The van der Waals surface area contributed by atoms with Crippen LogP contribution in [-0.4, -0.2) is 19.7 Å². The second-order valence-corrected chi connectivity index (χ2v) is 9.54. The molecular formula is C23H23ClN4OS2. The summed E-state index contributed by atoms with van der Waals surface area (Å²) in [7, 11) is 1.96. The number of rotatable bonds is 7. The summed E-state index contributed by atoms with van der Waals surface area (Å²) in [6.45, 7) is 6.41. The summed E-state index contributed by atoms with van der Waals surface area (Å²) in [5.41, 5.74) is 5.47. The molecule has 0 aliphatic carbocycles. The summed E-state index contributed by atoms with van der Waals surface area (Å²) in [4.78, 5) is 4.80. The highest BCUT2D eigenvalue weighted by molar-refractivity contribution is 7.98. The summed E-state index contributed by atoms with van der Waals surface area (Å²) in [5.74, 6) is 2.29. The van der Waals surface area contributed by atoms with Gasteiger partial charge in [-0.05, 0) is 49.6 Å². The van der Waals surface area contributed by atoms with Gasteiger partial charge < -0.3 is 9.30 Å². The first-order valence-electron chi connectivity index (χ1n) is 9.83. The fourth-order valence-electron chi connectivity index (χ4n) is 3.18. The van der Waals surface area contributed by atoms with E-state index in [4.69, 9.17) is 21.3 Å². The maximum atomic E-state index is 6.24. The molecule has 0 atom stereocenters. The first-order valence-corrected chi connectivity index (χ1v) is 12.1. The molecular weight excluding hydrogens is 448 g/mol. The lowest BCUT2D eigenvalue weighted by Crippen LogP contribution is -2.04. The number of nitrogens with zero attached hydrogens (tertiary/aromatic N) is 4. The van der Waals surface area contributed by atoms with Crippen LogP contribution in [0.4, 0.5) is 0 Å². The molecule has 0 unspecified atom stereocenters. The molecule has 0 fully saturated rings. The quantitative estimate of drug-likeness (QED) is 0.293. The lowest BCUT2D eigenvalue weighted by Gasteiger charge is -2.10. The minimum atomic E-state index is 0.346. The van der Waals surface area contributed by atoms with E-state index < -0.39 is 0 Å². The molecule has 0 N–H and O–H groups in total. The Kier molecular flexibility index (Phi) is 6.65. The Balaban J connectivity index is 1.38. The number of hydrogen-bond acceptors (Lipinski definition) is 6. The van der Waals surface area contributed by atoms with E-state index in [2.05, 4.69) is 34.6 Å². The highest BCUT2D eigenvalue weighted by Crippen LogP contribution is 2.30. The summed E-state index contributed by atoms with van der Waals surface area (Å²) in [5, 5.41) is 13.4. The maximum Gasteiger partial charge on any atom is 0.191 e. The van der Waals surface area contributed by atoms with Crippen LogP contribution >= 0.6 is 34.7 Å². The highest BCUT2D eigenvalue weighted by Gasteiger charge is 2.13. The number of halogens is 1. The number of ether oxygens (including phenoxy) is 1. The van der Waals surface area contributed by atoms with Crippen molar-refractivity contribution in [2.75, 3.05) is 0 Å². The summed E-state index contributed by atoms with van der Waals surface area (Å²) >= 11 is 9.53. The van der Waals surface area contributed by atoms with Crippen molar-refractivity contribution in [1.29, 1.82) is 0 Å². The molecule has 2 aromatic carbocycles. The van der Waals surface area contributed by atoms with Gasteiger partial charge in [-0.15, -0.1) is 21.5 Å². The predicted molar refractivity (Wildman–Crippen MR) is 128 cm³/mol. The topological polar surface area (TPSA) is 52.8 Å². The number of aryl methyl sites for hydroxylation is 3. The second kappa shape index (κ2) is 9.42. The molecule has 5 nitrogen and oxygen atoms in total. The molecule has 2 aromatic heterocycles. The van der Waals surface area contributed by atoms with E-state index in [9.17, 15) is 0 Å². The molecule has 0 aliphatic heterocycles. The van der Waals surface area contributed by atoms with Crippen molar-refractivity contribution in [1.82, 2.24) is 19.7 Å². The molecule has 0 bridgehead atoms. The zero-order valence-electron chi connectivity index (χ0n) is 17.8. The normalized spacial score (nSPS) is 11.1. The van der Waals surface area contributed by atoms with Gasteiger partial charge in [-0.3, -0.25) is 0 Å². The first-order chi connectivity index (χ1) is 14.9. The summed E-state index contributed by atoms with van der Waals surface area (Å²) in [6, 6.07) is 12.2. The van der Waals surface area contributed by atoms with Gasteiger partial charge in [0, 0.05) is 28.8 Å². The average Bonchev–Trinajstić information content (AvgIpc) is 3.36. The molecule has 4 aromatic rings. The van der Waals surface area contributed by atoms with E-state index in [-0.39, 0.29) is 0 Å². The number of hydrogen-bond donors (Lipinski definition) is 0. The van der Waals surface area contributed by atoms with Crippen LogP contribution in [0.25, 0.3) is 10.6 Å². The van der Waals surface area contributed by atoms with Crippen molar-refractivity contribution in [3.63, 3.8) is 0 Å². The molecule has 4 rings (SSSR count). The van der Waals surface area contributed by atoms with Crippen molar-refractivity contribution in [3.8, 4) is 16.3 Å². The monoisotopic (exact) mass is 470 g/mol. The van der Waals surface area contributed by atoms with Gasteiger partial charge in [-0.1, -0.05) is 47.6 Å². The van der Waals surface area contributed by atoms with Crippen LogP contribution in [0.5, 0.6) is 5.75 Å². The fourth-order valence-corrected chi connectivity index (χ4v) is 5.13. The van der Waals surface area contributed by atoms with E-state index in [1.54, 1.807) is 23.1 Å². The Morgan fingerprint density at radius 3 is 2.55 bits per heavy atom. The SMILES string of the molecule is Cc1ccccc1-c1nc(CSc2nnc(COc3cc(C)c(Cl)c(C)c3)n2C)cs1. The van der Waals surface area contributed by atoms with Gasteiger partial charge in [0.25, 0.3) is 0 Å². The van der Waals surface area contributed by atoms with Crippen molar-refractivity contribution in [2.24, 2.45) is 7.05 Å². The number of aromatic nitrogens is 4. The number of thiazole rings is 1. The Morgan fingerprint density at radius 1 is 1.06 bits per heavy atom. The molecule has 31 heavy (non-hydrogen) atoms. The Labute approximate surface area is 195 Å². The van der Waals surface area contributed by atoms with Gasteiger partial charge in [0.1, 0.15) is 17.4 Å². The third-order valence-electron chi connectivity index (χ3n) is 4.98. The number of benzene rings is 2. The van der Waals surface area contributed by atoms with Crippen molar-refractivity contribution >= 4 is 34.7 Å². The van der Waals surface area contributed by atoms with E-state index >= 15 is 0 Å². The van der Waals surface area contributed by atoms with Gasteiger partial charge in [-0.2, -0.15) is 0 Å². The van der Waals surface area contributed by atoms with E-state index in [1.165, 1.54) is 11.1 Å². The zero-order valence-corrected chi connectivity index (χ0v) is 20.2.